The molecule has 12 heteroatoms. The summed E-state index contributed by atoms with van der Waals surface area (Å²) in [5.74, 6) is -3.45. The second-order valence-electron chi connectivity index (χ2n) is 7.24. The van der Waals surface area contributed by atoms with E-state index in [9.17, 15) is 26.7 Å². The standard InChI is InChI=1S/C21H15F5N4O3/c1-20(22,23)13-5-12(6-14(7-13)21(24,25)26)10-30-11-15(9-27-30)28-19(31)16-8-18(33-29-16)17-3-2-4-32-17/h2-9,11H,10H2,1H3,(H,28,31). The van der Waals surface area contributed by atoms with Gasteiger partial charge in [0.15, 0.2) is 11.5 Å². The molecule has 3 heterocycles. The Morgan fingerprint density at radius 1 is 1.09 bits per heavy atom. The minimum Gasteiger partial charge on any atom is -0.461 e. The highest BCUT2D eigenvalue weighted by atomic mass is 19.4. The van der Waals surface area contributed by atoms with E-state index in [1.54, 1.807) is 12.1 Å². The van der Waals surface area contributed by atoms with E-state index in [1.165, 1.54) is 29.4 Å². The van der Waals surface area contributed by atoms with Crippen LogP contribution in [0.3, 0.4) is 0 Å². The second-order valence-corrected chi connectivity index (χ2v) is 7.24. The third-order valence-electron chi connectivity index (χ3n) is 4.57. The maximum atomic E-state index is 13.7. The van der Waals surface area contributed by atoms with Crippen molar-refractivity contribution in [2.45, 2.75) is 25.6 Å². The van der Waals surface area contributed by atoms with Crippen molar-refractivity contribution in [3.8, 4) is 11.5 Å². The van der Waals surface area contributed by atoms with Crippen LogP contribution >= 0.6 is 0 Å². The fourth-order valence-electron chi connectivity index (χ4n) is 3.01. The van der Waals surface area contributed by atoms with E-state index in [4.69, 9.17) is 8.94 Å². The molecule has 0 aliphatic rings. The molecule has 0 saturated carbocycles. The third-order valence-corrected chi connectivity index (χ3v) is 4.57. The zero-order valence-corrected chi connectivity index (χ0v) is 16.9. The molecule has 0 fully saturated rings. The van der Waals surface area contributed by atoms with Gasteiger partial charge in [-0.05, 0) is 35.9 Å². The van der Waals surface area contributed by atoms with Gasteiger partial charge in [-0.1, -0.05) is 5.16 Å². The molecule has 172 valence electrons. The van der Waals surface area contributed by atoms with Crippen molar-refractivity contribution in [3.05, 3.63) is 77.4 Å². The van der Waals surface area contributed by atoms with Gasteiger partial charge in [0.1, 0.15) is 0 Å². The highest BCUT2D eigenvalue weighted by Gasteiger charge is 2.34. The van der Waals surface area contributed by atoms with E-state index in [2.05, 4.69) is 15.6 Å². The van der Waals surface area contributed by atoms with E-state index < -0.39 is 29.1 Å². The molecule has 3 aromatic heterocycles. The summed E-state index contributed by atoms with van der Waals surface area (Å²) in [6.07, 6.45) is -0.754. The van der Waals surface area contributed by atoms with Gasteiger partial charge in [-0.3, -0.25) is 9.48 Å². The topological polar surface area (TPSA) is 86.1 Å². The van der Waals surface area contributed by atoms with Gasteiger partial charge in [-0.2, -0.15) is 18.3 Å². The van der Waals surface area contributed by atoms with E-state index in [1.807, 2.05) is 0 Å². The molecule has 0 radical (unpaired) electrons. The molecule has 33 heavy (non-hydrogen) atoms. The number of carbonyl (C=O) groups is 1. The zero-order valence-electron chi connectivity index (χ0n) is 16.9. The molecule has 0 aliphatic heterocycles. The summed E-state index contributed by atoms with van der Waals surface area (Å²) in [7, 11) is 0. The Morgan fingerprint density at radius 2 is 1.85 bits per heavy atom. The number of nitrogens with zero attached hydrogens (tertiary/aromatic N) is 3. The van der Waals surface area contributed by atoms with Gasteiger partial charge in [-0.15, -0.1) is 0 Å². The van der Waals surface area contributed by atoms with Gasteiger partial charge in [0.25, 0.3) is 11.8 Å². The summed E-state index contributed by atoms with van der Waals surface area (Å²) >= 11 is 0. The zero-order chi connectivity index (χ0) is 23.8. The third kappa shape index (κ3) is 5.10. The minimum atomic E-state index is -4.79. The van der Waals surface area contributed by atoms with Crippen LogP contribution in [-0.4, -0.2) is 20.8 Å². The Labute approximate surface area is 182 Å². The lowest BCUT2D eigenvalue weighted by atomic mass is 10.0. The number of amides is 1. The number of furan rings is 1. The number of rotatable bonds is 6. The number of carbonyl (C=O) groups excluding carboxylic acids is 1. The smallest absolute Gasteiger partial charge is 0.416 e. The minimum absolute atomic E-state index is 0.0260. The average molecular weight is 466 g/mol. The maximum Gasteiger partial charge on any atom is 0.416 e. The molecular weight excluding hydrogens is 451 g/mol. The molecule has 4 aromatic rings. The molecule has 0 spiro atoms. The van der Waals surface area contributed by atoms with Crippen molar-refractivity contribution in [2.24, 2.45) is 0 Å². The van der Waals surface area contributed by atoms with Crippen LogP contribution in [0.25, 0.3) is 11.5 Å². The molecule has 0 atom stereocenters. The fourth-order valence-corrected chi connectivity index (χ4v) is 3.01. The van der Waals surface area contributed by atoms with Crippen LogP contribution in [-0.2, 0) is 18.6 Å². The van der Waals surface area contributed by atoms with E-state index in [-0.39, 0.29) is 29.2 Å². The quantitative estimate of drug-likeness (QED) is 0.376. The van der Waals surface area contributed by atoms with E-state index >= 15 is 0 Å². The number of benzene rings is 1. The molecule has 1 amide bonds. The van der Waals surface area contributed by atoms with Crippen molar-refractivity contribution in [1.82, 2.24) is 14.9 Å². The molecule has 0 aliphatic carbocycles. The Bertz CT molecular complexity index is 1240. The van der Waals surface area contributed by atoms with Crippen molar-refractivity contribution in [2.75, 3.05) is 5.32 Å². The van der Waals surface area contributed by atoms with E-state index in [0.717, 1.165) is 12.1 Å². The Morgan fingerprint density at radius 3 is 2.52 bits per heavy atom. The maximum absolute atomic E-state index is 13.7. The SMILES string of the molecule is CC(F)(F)c1cc(Cn2cc(NC(=O)c3cc(-c4ccco4)on3)cn2)cc(C(F)(F)F)c1. The predicted octanol–water partition coefficient (Wildman–Crippen LogP) is 5.56. The summed E-state index contributed by atoms with van der Waals surface area (Å²) < 4.78 is 78.2. The van der Waals surface area contributed by atoms with E-state index in [0.29, 0.717) is 18.8 Å². The van der Waals surface area contributed by atoms with Gasteiger partial charge in [-0.25, -0.2) is 8.78 Å². The molecule has 7 nitrogen and oxygen atoms in total. The largest absolute Gasteiger partial charge is 0.461 e. The Hall–Kier alpha value is -3.96. The fraction of sp³-hybridized carbons (Fsp3) is 0.190. The summed E-state index contributed by atoms with van der Waals surface area (Å²) in [5, 5.41) is 10.1. The van der Waals surface area contributed by atoms with Crippen LogP contribution in [0, 0.1) is 0 Å². The number of hydrogen-bond acceptors (Lipinski definition) is 5. The van der Waals surface area contributed by atoms with Crippen molar-refractivity contribution in [1.29, 1.82) is 0 Å². The summed E-state index contributed by atoms with van der Waals surface area (Å²) in [4.78, 5) is 12.4. The number of aromatic nitrogens is 3. The van der Waals surface area contributed by atoms with Crippen molar-refractivity contribution < 1.29 is 35.7 Å². The molecular formula is C21H15F5N4O3. The number of halogens is 5. The first-order valence-electron chi connectivity index (χ1n) is 9.43. The first-order valence-corrected chi connectivity index (χ1v) is 9.43. The van der Waals surface area contributed by atoms with Crippen LogP contribution in [0.15, 0.2) is 64.0 Å². The number of hydrogen-bond donors (Lipinski definition) is 1. The van der Waals surface area contributed by atoms with Gasteiger partial charge in [0.2, 0.25) is 5.76 Å². The van der Waals surface area contributed by atoms with Crippen molar-refractivity contribution in [3.63, 3.8) is 0 Å². The van der Waals surface area contributed by atoms with Crippen LogP contribution in [0.5, 0.6) is 0 Å². The van der Waals surface area contributed by atoms with Gasteiger partial charge in [0, 0.05) is 24.8 Å². The van der Waals surface area contributed by atoms with Crippen LogP contribution in [0.1, 0.15) is 34.1 Å². The lowest BCUT2D eigenvalue weighted by Gasteiger charge is -2.16. The first kappa shape index (κ1) is 22.2. The van der Waals surface area contributed by atoms with Crippen LogP contribution in [0.2, 0.25) is 0 Å². The summed E-state index contributed by atoms with van der Waals surface area (Å²) in [6.45, 7) is 0.296. The molecule has 0 bridgehead atoms. The Balaban J connectivity index is 1.49. The van der Waals surface area contributed by atoms with Crippen LogP contribution < -0.4 is 5.32 Å². The molecule has 4 rings (SSSR count). The normalized spacial score (nSPS) is 12.2. The first-order chi connectivity index (χ1) is 15.5. The lowest BCUT2D eigenvalue weighted by molar-refractivity contribution is -0.137. The van der Waals surface area contributed by atoms with Crippen molar-refractivity contribution >= 4 is 11.6 Å². The number of nitrogens with one attached hydrogen (secondary N) is 1. The summed E-state index contributed by atoms with van der Waals surface area (Å²) in [5.41, 5.74) is -1.79. The monoisotopic (exact) mass is 466 g/mol. The van der Waals surface area contributed by atoms with Crippen LogP contribution in [0.4, 0.5) is 27.6 Å². The highest BCUT2D eigenvalue weighted by molar-refractivity contribution is 6.03. The highest BCUT2D eigenvalue weighted by Crippen LogP contribution is 2.35. The summed E-state index contributed by atoms with van der Waals surface area (Å²) in [6, 6.07) is 6.82. The Kier molecular flexibility index (Phi) is 5.52. The molecule has 0 unspecified atom stereocenters. The number of anilines is 1. The lowest BCUT2D eigenvalue weighted by Crippen LogP contribution is -2.14. The van der Waals surface area contributed by atoms with Gasteiger partial charge < -0.3 is 14.3 Å². The number of alkyl halides is 5. The average Bonchev–Trinajstić information content (AvgIpc) is 3.48. The van der Waals surface area contributed by atoms with Gasteiger partial charge in [0.05, 0.1) is 30.3 Å². The predicted molar refractivity (Wildman–Crippen MR) is 104 cm³/mol. The van der Waals surface area contributed by atoms with Gasteiger partial charge >= 0.3 is 6.18 Å². The second kappa shape index (κ2) is 8.19. The molecule has 1 aromatic carbocycles. The molecule has 1 N–H and O–H groups in total. The molecule has 0 saturated heterocycles.